The number of amides is 4. The molecule has 4 rings (SSSR count). The number of carbonyl (C=O) groups excluding carboxylic acids is 3. The molecule has 2 aliphatic rings. The van der Waals surface area contributed by atoms with E-state index in [4.69, 9.17) is 0 Å². The first-order chi connectivity index (χ1) is 16.4. The van der Waals surface area contributed by atoms with Crippen molar-refractivity contribution in [3.05, 3.63) is 65.2 Å². The number of nitrogens with zero attached hydrogens (tertiary/aromatic N) is 3. The minimum atomic E-state index is -4.67. The Kier molecular flexibility index (Phi) is 6.00. The molecule has 0 aromatic heterocycles. The Morgan fingerprint density at radius 3 is 2.14 bits per heavy atom. The number of rotatable bonds is 2. The summed E-state index contributed by atoms with van der Waals surface area (Å²) >= 11 is 0. The van der Waals surface area contributed by atoms with Crippen LogP contribution in [0.4, 0.5) is 32.4 Å². The predicted octanol–water partition coefficient (Wildman–Crippen LogP) is 3.69. The van der Waals surface area contributed by atoms with E-state index in [9.17, 15) is 36.3 Å². The van der Waals surface area contributed by atoms with E-state index in [-0.39, 0.29) is 17.0 Å². The summed E-state index contributed by atoms with van der Waals surface area (Å²) in [6.45, 7) is -1.15. The molecule has 0 radical (unpaired) electrons. The topological polar surface area (TPSA) is 60.9 Å². The quantitative estimate of drug-likeness (QED) is 0.476. The third-order valence-electron chi connectivity index (χ3n) is 5.84. The summed E-state index contributed by atoms with van der Waals surface area (Å²) in [5.41, 5.74) is -2.27. The molecule has 2 fully saturated rings. The van der Waals surface area contributed by atoms with Gasteiger partial charge in [-0.2, -0.15) is 13.2 Å². The van der Waals surface area contributed by atoms with E-state index in [1.165, 1.54) is 6.92 Å². The molecule has 2 heterocycles. The maximum Gasteiger partial charge on any atom is 0.406 e. The second-order valence-corrected chi connectivity index (χ2v) is 8.36. The fourth-order valence-electron chi connectivity index (χ4n) is 4.21. The van der Waals surface area contributed by atoms with Crippen LogP contribution < -0.4 is 4.90 Å². The zero-order chi connectivity index (χ0) is 25.5. The highest BCUT2D eigenvalue weighted by Gasteiger charge is 2.56. The maximum absolute atomic E-state index is 14.9. The van der Waals surface area contributed by atoms with E-state index in [1.54, 1.807) is 30.3 Å². The smallest absolute Gasteiger partial charge is 0.330 e. The zero-order valence-electron chi connectivity index (χ0n) is 18.3. The van der Waals surface area contributed by atoms with Gasteiger partial charge in [0.2, 0.25) is 11.8 Å². The summed E-state index contributed by atoms with van der Waals surface area (Å²) in [5.74, 6) is 0.714. The number of hydrogen-bond donors (Lipinski definition) is 0. The minimum absolute atomic E-state index is 0.0368. The van der Waals surface area contributed by atoms with Gasteiger partial charge in [0.1, 0.15) is 17.8 Å². The summed E-state index contributed by atoms with van der Waals surface area (Å²) in [7, 11) is 0. The normalized spacial score (nSPS) is 20.5. The van der Waals surface area contributed by atoms with Crippen LogP contribution in [0.5, 0.6) is 0 Å². The van der Waals surface area contributed by atoms with Gasteiger partial charge >= 0.3 is 12.2 Å². The third-order valence-corrected chi connectivity index (χ3v) is 5.84. The molecule has 0 unspecified atom stereocenters. The second-order valence-electron chi connectivity index (χ2n) is 8.36. The Bertz CT molecular complexity index is 1250. The molecule has 0 aliphatic carbocycles. The zero-order valence-corrected chi connectivity index (χ0v) is 18.3. The van der Waals surface area contributed by atoms with Crippen LogP contribution in [0.15, 0.2) is 42.5 Å². The molecule has 1 atom stereocenters. The molecule has 2 aliphatic heterocycles. The summed E-state index contributed by atoms with van der Waals surface area (Å²) in [6.07, 6.45) is -5.40. The molecular weight excluding hydrogens is 473 g/mol. The molecule has 2 saturated heterocycles. The average molecular weight is 491 g/mol. The first kappa shape index (κ1) is 24.2. The number of halogens is 5. The summed E-state index contributed by atoms with van der Waals surface area (Å²) in [5, 5.41) is 0. The van der Waals surface area contributed by atoms with Crippen LogP contribution in [0, 0.1) is 23.5 Å². The molecule has 35 heavy (non-hydrogen) atoms. The Morgan fingerprint density at radius 1 is 0.943 bits per heavy atom. The van der Waals surface area contributed by atoms with Gasteiger partial charge in [-0.05, 0) is 31.2 Å². The highest BCUT2D eigenvalue weighted by molar-refractivity contribution is 6.19. The molecule has 182 valence electrons. The average Bonchev–Trinajstić information content (AvgIpc) is 2.77. The first-order valence-corrected chi connectivity index (χ1v) is 10.5. The molecular formula is C24H18F5N3O3. The molecule has 6 nitrogen and oxygen atoms in total. The third kappa shape index (κ3) is 4.56. The van der Waals surface area contributed by atoms with Crippen molar-refractivity contribution < 1.29 is 36.3 Å². The van der Waals surface area contributed by atoms with Crippen molar-refractivity contribution in [2.45, 2.75) is 25.1 Å². The summed E-state index contributed by atoms with van der Waals surface area (Å²) in [4.78, 5) is 40.4. The Balaban J connectivity index is 1.63. The van der Waals surface area contributed by atoms with Crippen LogP contribution in [0.3, 0.4) is 0 Å². The number of hydrogen-bond acceptors (Lipinski definition) is 3. The second kappa shape index (κ2) is 8.69. The lowest BCUT2D eigenvalue weighted by Gasteiger charge is -2.51. The van der Waals surface area contributed by atoms with E-state index in [0.717, 1.165) is 17.0 Å². The van der Waals surface area contributed by atoms with Gasteiger partial charge in [-0.25, -0.2) is 18.5 Å². The van der Waals surface area contributed by atoms with Crippen LogP contribution >= 0.6 is 0 Å². The molecule has 4 amide bonds. The van der Waals surface area contributed by atoms with Gasteiger partial charge in [-0.15, -0.1) is 0 Å². The van der Waals surface area contributed by atoms with Crippen LogP contribution in [-0.4, -0.2) is 59.0 Å². The van der Waals surface area contributed by atoms with Crippen LogP contribution in [0.1, 0.15) is 24.5 Å². The van der Waals surface area contributed by atoms with Gasteiger partial charge in [0.15, 0.2) is 11.6 Å². The van der Waals surface area contributed by atoms with Crippen molar-refractivity contribution in [1.82, 2.24) is 9.80 Å². The lowest BCUT2D eigenvalue weighted by molar-refractivity contribution is -0.174. The number of anilines is 1. The molecule has 2 aromatic carbocycles. The standard InChI is InChI=1S/C24H18F5N3O3/c1-23-13-19(33)32(22(35)31(23)10-9-30(21(23)34)14-24(27,28)29)20-17(25)11-16(12-18(20)26)8-7-15-5-3-2-4-6-15/h2-6,11-12H,9-10,13-14H2,1H3/t23-/m0/s1. The number of imide groups is 1. The lowest BCUT2D eigenvalue weighted by atomic mass is 9.88. The predicted molar refractivity (Wildman–Crippen MR) is 114 cm³/mol. The fraction of sp³-hybridized carbons (Fsp3) is 0.292. The van der Waals surface area contributed by atoms with Crippen LogP contribution in [0.2, 0.25) is 0 Å². The number of piperazine rings is 1. The van der Waals surface area contributed by atoms with Gasteiger partial charge in [0, 0.05) is 24.2 Å². The molecule has 0 spiro atoms. The number of urea groups is 1. The molecule has 0 N–H and O–H groups in total. The lowest BCUT2D eigenvalue weighted by Crippen LogP contribution is -2.73. The largest absolute Gasteiger partial charge is 0.406 e. The van der Waals surface area contributed by atoms with Crippen molar-refractivity contribution >= 4 is 23.5 Å². The van der Waals surface area contributed by atoms with Crippen molar-refractivity contribution in [3.63, 3.8) is 0 Å². The number of benzene rings is 2. The van der Waals surface area contributed by atoms with Crippen LogP contribution in [-0.2, 0) is 9.59 Å². The Hall–Kier alpha value is -3.94. The van der Waals surface area contributed by atoms with E-state index in [1.807, 2.05) is 0 Å². The van der Waals surface area contributed by atoms with Gasteiger partial charge in [-0.1, -0.05) is 30.0 Å². The van der Waals surface area contributed by atoms with E-state index < -0.39 is 66.4 Å². The van der Waals surface area contributed by atoms with Crippen molar-refractivity contribution in [2.24, 2.45) is 0 Å². The first-order valence-electron chi connectivity index (χ1n) is 10.5. The molecule has 11 heteroatoms. The highest BCUT2D eigenvalue weighted by atomic mass is 19.4. The fourth-order valence-corrected chi connectivity index (χ4v) is 4.21. The Labute approximate surface area is 196 Å². The number of alkyl halides is 3. The van der Waals surface area contributed by atoms with E-state index >= 15 is 0 Å². The molecule has 2 aromatic rings. The Morgan fingerprint density at radius 2 is 1.54 bits per heavy atom. The van der Waals surface area contributed by atoms with Gasteiger partial charge in [0.05, 0.1) is 6.42 Å². The van der Waals surface area contributed by atoms with E-state index in [0.29, 0.717) is 10.5 Å². The number of carbonyl (C=O) groups is 3. The molecule has 0 bridgehead atoms. The molecule has 0 saturated carbocycles. The van der Waals surface area contributed by atoms with E-state index in [2.05, 4.69) is 11.8 Å². The highest BCUT2D eigenvalue weighted by Crippen LogP contribution is 2.37. The monoisotopic (exact) mass is 491 g/mol. The van der Waals surface area contributed by atoms with Gasteiger partial charge in [-0.3, -0.25) is 9.59 Å². The minimum Gasteiger partial charge on any atom is -0.330 e. The van der Waals surface area contributed by atoms with Crippen molar-refractivity contribution in [2.75, 3.05) is 24.5 Å². The van der Waals surface area contributed by atoms with Gasteiger partial charge < -0.3 is 9.80 Å². The van der Waals surface area contributed by atoms with Crippen molar-refractivity contribution in [3.8, 4) is 11.8 Å². The maximum atomic E-state index is 14.9. The van der Waals surface area contributed by atoms with Crippen LogP contribution in [0.25, 0.3) is 0 Å². The SMILES string of the molecule is C[C@@]12CC(=O)N(c3c(F)cc(C#Cc4ccccc4)cc3F)C(=O)N1CCN(CC(F)(F)F)C2=O. The summed E-state index contributed by atoms with van der Waals surface area (Å²) in [6, 6.07) is 9.21. The van der Waals surface area contributed by atoms with Gasteiger partial charge in [0.25, 0.3) is 0 Å². The van der Waals surface area contributed by atoms with Crippen molar-refractivity contribution in [1.29, 1.82) is 0 Å². The number of fused-ring (bicyclic) bond motifs is 1. The summed E-state index contributed by atoms with van der Waals surface area (Å²) < 4.78 is 68.4.